The summed E-state index contributed by atoms with van der Waals surface area (Å²) in [4.78, 5) is 4.71. The number of nitrogens with one attached hydrogen (secondary N) is 1. The van der Waals surface area contributed by atoms with Gasteiger partial charge < -0.3 is 15.1 Å². The van der Waals surface area contributed by atoms with Crippen LogP contribution in [0.5, 0.6) is 0 Å². The van der Waals surface area contributed by atoms with Crippen LogP contribution in [0, 0.1) is 6.92 Å². The monoisotopic (exact) mass is 311 g/mol. The molecule has 1 N–H and O–H groups in total. The molecule has 0 aromatic heterocycles. The second-order valence-electron chi connectivity index (χ2n) is 5.29. The SMILES string of the molecule is Cc1ccc(N2CCNC(CN(C)C)C2)cc1Br. The summed E-state index contributed by atoms with van der Waals surface area (Å²) in [5.74, 6) is 0. The summed E-state index contributed by atoms with van der Waals surface area (Å²) >= 11 is 3.62. The van der Waals surface area contributed by atoms with E-state index in [1.54, 1.807) is 0 Å². The normalized spacial score (nSPS) is 20.5. The molecule has 2 rings (SSSR count). The molecule has 0 amide bonds. The lowest BCUT2D eigenvalue weighted by Crippen LogP contribution is -2.54. The number of likely N-dealkylation sites (N-methyl/N-ethyl adjacent to an activating group) is 1. The largest absolute Gasteiger partial charge is 0.369 e. The molecule has 0 bridgehead atoms. The molecule has 0 radical (unpaired) electrons. The van der Waals surface area contributed by atoms with Crippen molar-refractivity contribution >= 4 is 21.6 Å². The first-order valence-corrected chi connectivity index (χ1v) is 7.25. The highest BCUT2D eigenvalue weighted by molar-refractivity contribution is 9.10. The van der Waals surface area contributed by atoms with Crippen molar-refractivity contribution in [2.45, 2.75) is 13.0 Å². The molecule has 4 heteroatoms. The molecule has 1 aromatic rings. The number of hydrogen-bond acceptors (Lipinski definition) is 3. The third-order valence-electron chi connectivity index (χ3n) is 3.36. The van der Waals surface area contributed by atoms with Crippen LogP contribution in [0.15, 0.2) is 22.7 Å². The number of halogens is 1. The van der Waals surface area contributed by atoms with Crippen molar-refractivity contribution in [1.82, 2.24) is 10.2 Å². The topological polar surface area (TPSA) is 18.5 Å². The Hall–Kier alpha value is -0.580. The van der Waals surface area contributed by atoms with Gasteiger partial charge in [-0.05, 0) is 38.7 Å². The first-order chi connectivity index (χ1) is 8.56. The lowest BCUT2D eigenvalue weighted by Gasteiger charge is -2.36. The molecule has 0 saturated carbocycles. The zero-order chi connectivity index (χ0) is 13.1. The maximum atomic E-state index is 3.62. The van der Waals surface area contributed by atoms with Gasteiger partial charge in [-0.25, -0.2) is 0 Å². The molecule has 1 atom stereocenters. The predicted molar refractivity (Wildman–Crippen MR) is 81.4 cm³/mol. The Bertz CT molecular complexity index is 406. The van der Waals surface area contributed by atoms with Gasteiger partial charge in [-0.2, -0.15) is 0 Å². The van der Waals surface area contributed by atoms with E-state index in [2.05, 4.69) is 70.3 Å². The predicted octanol–water partition coefficient (Wildman–Crippen LogP) is 2.10. The summed E-state index contributed by atoms with van der Waals surface area (Å²) in [6.07, 6.45) is 0. The van der Waals surface area contributed by atoms with Crippen LogP contribution >= 0.6 is 15.9 Å². The first-order valence-electron chi connectivity index (χ1n) is 6.45. The van der Waals surface area contributed by atoms with E-state index in [9.17, 15) is 0 Å². The van der Waals surface area contributed by atoms with Crippen LogP contribution in [0.4, 0.5) is 5.69 Å². The van der Waals surface area contributed by atoms with Crippen molar-refractivity contribution in [2.24, 2.45) is 0 Å². The Labute approximate surface area is 118 Å². The van der Waals surface area contributed by atoms with E-state index in [-0.39, 0.29) is 0 Å². The van der Waals surface area contributed by atoms with Gasteiger partial charge >= 0.3 is 0 Å². The smallest absolute Gasteiger partial charge is 0.0378 e. The standard InChI is InChI=1S/C14H22BrN3/c1-11-4-5-13(8-14(11)15)18-7-6-16-12(10-18)9-17(2)3/h4-5,8,12,16H,6-7,9-10H2,1-3H3. The minimum absolute atomic E-state index is 0.550. The third kappa shape index (κ3) is 3.46. The van der Waals surface area contributed by atoms with Gasteiger partial charge in [0.1, 0.15) is 0 Å². The fourth-order valence-corrected chi connectivity index (χ4v) is 2.77. The van der Waals surface area contributed by atoms with Gasteiger partial charge in [0.25, 0.3) is 0 Å². The van der Waals surface area contributed by atoms with Crippen molar-refractivity contribution in [3.05, 3.63) is 28.2 Å². The van der Waals surface area contributed by atoms with Crippen LogP contribution in [-0.2, 0) is 0 Å². The molecule has 18 heavy (non-hydrogen) atoms. The van der Waals surface area contributed by atoms with Crippen molar-refractivity contribution < 1.29 is 0 Å². The van der Waals surface area contributed by atoms with Gasteiger partial charge in [-0.15, -0.1) is 0 Å². The molecule has 100 valence electrons. The molecule has 1 heterocycles. The number of nitrogens with zero attached hydrogens (tertiary/aromatic N) is 2. The van der Waals surface area contributed by atoms with Gasteiger partial charge in [0.2, 0.25) is 0 Å². The number of piperazine rings is 1. The summed E-state index contributed by atoms with van der Waals surface area (Å²) < 4.78 is 1.20. The van der Waals surface area contributed by atoms with Crippen LogP contribution in [0.1, 0.15) is 5.56 Å². The van der Waals surface area contributed by atoms with Gasteiger partial charge in [0.05, 0.1) is 0 Å². The van der Waals surface area contributed by atoms with Gasteiger partial charge in [0, 0.05) is 42.4 Å². The quantitative estimate of drug-likeness (QED) is 0.922. The van der Waals surface area contributed by atoms with Crippen LogP contribution in [0.3, 0.4) is 0 Å². The average Bonchev–Trinajstić information content (AvgIpc) is 2.32. The molecule has 1 unspecified atom stereocenters. The maximum absolute atomic E-state index is 3.62. The van der Waals surface area contributed by atoms with Crippen LogP contribution in [0.25, 0.3) is 0 Å². The fraction of sp³-hybridized carbons (Fsp3) is 0.571. The van der Waals surface area contributed by atoms with E-state index in [1.807, 2.05) is 0 Å². The highest BCUT2D eigenvalue weighted by atomic mass is 79.9. The molecule has 1 aliphatic heterocycles. The Morgan fingerprint density at radius 3 is 2.89 bits per heavy atom. The minimum Gasteiger partial charge on any atom is -0.369 e. The van der Waals surface area contributed by atoms with Crippen LogP contribution in [0.2, 0.25) is 0 Å². The zero-order valence-electron chi connectivity index (χ0n) is 11.4. The summed E-state index contributed by atoms with van der Waals surface area (Å²) in [5, 5.41) is 3.58. The van der Waals surface area contributed by atoms with Crippen LogP contribution < -0.4 is 10.2 Å². The van der Waals surface area contributed by atoms with Gasteiger partial charge in [-0.1, -0.05) is 22.0 Å². The third-order valence-corrected chi connectivity index (χ3v) is 4.22. The van der Waals surface area contributed by atoms with Crippen molar-refractivity contribution in [3.63, 3.8) is 0 Å². The second kappa shape index (κ2) is 6.04. The van der Waals surface area contributed by atoms with Crippen LogP contribution in [-0.4, -0.2) is 51.2 Å². The first kappa shape index (κ1) is 13.8. The molecule has 0 aliphatic carbocycles. The lowest BCUT2D eigenvalue weighted by molar-refractivity contribution is 0.323. The summed E-state index contributed by atoms with van der Waals surface area (Å²) in [6, 6.07) is 7.18. The minimum atomic E-state index is 0.550. The maximum Gasteiger partial charge on any atom is 0.0378 e. The molecule has 1 saturated heterocycles. The molecule has 3 nitrogen and oxygen atoms in total. The Morgan fingerprint density at radius 2 is 2.22 bits per heavy atom. The lowest BCUT2D eigenvalue weighted by atomic mass is 10.1. The van der Waals surface area contributed by atoms with Crippen molar-refractivity contribution in [1.29, 1.82) is 0 Å². The summed E-state index contributed by atoms with van der Waals surface area (Å²) in [6.45, 7) is 6.43. The molecule has 1 fully saturated rings. The average molecular weight is 312 g/mol. The Kier molecular flexibility index (Phi) is 4.65. The molecule has 1 aliphatic rings. The Morgan fingerprint density at radius 1 is 1.44 bits per heavy atom. The number of rotatable bonds is 3. The highest BCUT2D eigenvalue weighted by Gasteiger charge is 2.20. The summed E-state index contributed by atoms with van der Waals surface area (Å²) in [5.41, 5.74) is 2.61. The number of aryl methyl sites for hydroxylation is 1. The fourth-order valence-electron chi connectivity index (χ4n) is 2.40. The van der Waals surface area contributed by atoms with Crippen molar-refractivity contribution in [2.75, 3.05) is 45.2 Å². The molecule has 1 aromatic carbocycles. The number of anilines is 1. The van der Waals surface area contributed by atoms with E-state index >= 15 is 0 Å². The van der Waals surface area contributed by atoms with E-state index < -0.39 is 0 Å². The number of hydrogen-bond donors (Lipinski definition) is 1. The zero-order valence-corrected chi connectivity index (χ0v) is 13.0. The number of benzene rings is 1. The van der Waals surface area contributed by atoms with Crippen molar-refractivity contribution in [3.8, 4) is 0 Å². The second-order valence-corrected chi connectivity index (χ2v) is 6.15. The molecular weight excluding hydrogens is 290 g/mol. The van der Waals surface area contributed by atoms with E-state index in [0.29, 0.717) is 6.04 Å². The summed E-state index contributed by atoms with van der Waals surface area (Å²) in [7, 11) is 4.26. The van der Waals surface area contributed by atoms with Gasteiger partial charge in [0.15, 0.2) is 0 Å². The van der Waals surface area contributed by atoms with E-state index in [4.69, 9.17) is 0 Å². The Balaban J connectivity index is 2.05. The molecular formula is C14H22BrN3. The van der Waals surface area contributed by atoms with Gasteiger partial charge in [-0.3, -0.25) is 0 Å². The highest BCUT2D eigenvalue weighted by Crippen LogP contribution is 2.24. The molecule has 0 spiro atoms. The van der Waals surface area contributed by atoms with E-state index in [0.717, 1.165) is 26.2 Å². The van der Waals surface area contributed by atoms with E-state index in [1.165, 1.54) is 15.7 Å².